The summed E-state index contributed by atoms with van der Waals surface area (Å²) in [6.45, 7) is 1.31. The first-order valence-electron chi connectivity index (χ1n) is 6.63. The molecule has 0 aliphatic carbocycles. The van der Waals surface area contributed by atoms with Gasteiger partial charge in [0.2, 0.25) is 5.28 Å². The molecule has 8 heteroatoms. The highest BCUT2D eigenvalue weighted by Crippen LogP contribution is 2.26. The van der Waals surface area contributed by atoms with Crippen molar-refractivity contribution in [3.05, 3.63) is 23.6 Å². The number of rotatable bonds is 2. The molecule has 1 atom stereocenters. The van der Waals surface area contributed by atoms with Crippen molar-refractivity contribution in [2.45, 2.75) is 18.9 Å². The minimum atomic E-state index is -0.759. The maximum Gasteiger partial charge on any atom is 0.404 e. The number of amides is 1. The first kappa shape index (κ1) is 13.8. The third kappa shape index (κ3) is 2.97. The number of primary amides is 1. The van der Waals surface area contributed by atoms with Gasteiger partial charge in [-0.1, -0.05) is 0 Å². The number of anilines is 1. The van der Waals surface area contributed by atoms with Gasteiger partial charge in [0.05, 0.1) is 12.1 Å². The summed E-state index contributed by atoms with van der Waals surface area (Å²) in [7, 11) is 0. The summed E-state index contributed by atoms with van der Waals surface area (Å²) in [6, 6.07) is 3.63. The molecular formula is C13H14ClN5O2. The molecule has 2 N–H and O–H groups in total. The predicted molar refractivity (Wildman–Crippen MR) is 78.2 cm³/mol. The second kappa shape index (κ2) is 5.69. The molecule has 1 aliphatic heterocycles. The van der Waals surface area contributed by atoms with Gasteiger partial charge in [-0.3, -0.25) is 4.98 Å². The Morgan fingerprint density at radius 1 is 1.48 bits per heavy atom. The standard InChI is InChI=1S/C13H14ClN5O2/c14-12-17-9-4-1-5-16-10(9)11(18-12)19-6-2-3-8(7-19)21-13(15)20/h1,4-5,8H,2-3,6-7H2,(H2,15,20). The predicted octanol–water partition coefficient (Wildman–Crippen LogP) is 1.74. The first-order valence-corrected chi connectivity index (χ1v) is 7.00. The van der Waals surface area contributed by atoms with E-state index in [4.69, 9.17) is 22.1 Å². The Balaban J connectivity index is 1.94. The Morgan fingerprint density at radius 2 is 2.33 bits per heavy atom. The van der Waals surface area contributed by atoms with Crippen LogP contribution in [0.1, 0.15) is 12.8 Å². The molecule has 0 radical (unpaired) electrons. The van der Waals surface area contributed by atoms with Gasteiger partial charge in [0.1, 0.15) is 11.6 Å². The zero-order valence-electron chi connectivity index (χ0n) is 11.2. The summed E-state index contributed by atoms with van der Waals surface area (Å²) in [6.07, 6.45) is 2.33. The van der Waals surface area contributed by atoms with Crippen LogP contribution in [0.25, 0.3) is 11.0 Å². The van der Waals surface area contributed by atoms with E-state index in [2.05, 4.69) is 15.0 Å². The third-order valence-corrected chi connectivity index (χ3v) is 3.54. The van der Waals surface area contributed by atoms with Crippen LogP contribution in [-0.4, -0.2) is 40.2 Å². The van der Waals surface area contributed by atoms with Crippen molar-refractivity contribution in [3.63, 3.8) is 0 Å². The van der Waals surface area contributed by atoms with E-state index in [0.717, 1.165) is 19.4 Å². The second-order valence-corrected chi connectivity index (χ2v) is 5.17. The maximum atomic E-state index is 10.9. The Kier molecular flexibility index (Phi) is 3.74. The normalized spacial score (nSPS) is 18.7. The first-order chi connectivity index (χ1) is 10.1. The van der Waals surface area contributed by atoms with Gasteiger partial charge in [0.25, 0.3) is 0 Å². The average molecular weight is 308 g/mol. The number of aromatic nitrogens is 3. The molecule has 2 aromatic rings. The van der Waals surface area contributed by atoms with E-state index in [1.54, 1.807) is 12.3 Å². The highest BCUT2D eigenvalue weighted by atomic mass is 35.5. The zero-order chi connectivity index (χ0) is 14.8. The second-order valence-electron chi connectivity index (χ2n) is 4.83. The molecule has 0 bridgehead atoms. The van der Waals surface area contributed by atoms with Crippen molar-refractivity contribution in [3.8, 4) is 0 Å². The summed E-state index contributed by atoms with van der Waals surface area (Å²) in [5, 5.41) is 0.170. The van der Waals surface area contributed by atoms with Crippen LogP contribution in [0.2, 0.25) is 5.28 Å². The van der Waals surface area contributed by atoms with Crippen molar-refractivity contribution in [1.82, 2.24) is 15.0 Å². The number of nitrogens with two attached hydrogens (primary N) is 1. The SMILES string of the molecule is NC(=O)OC1CCCN(c2nc(Cl)nc3cccnc23)C1. The number of fused-ring (bicyclic) bond motifs is 1. The molecular weight excluding hydrogens is 294 g/mol. The number of nitrogens with zero attached hydrogens (tertiary/aromatic N) is 4. The molecule has 1 amide bonds. The fraction of sp³-hybridized carbons (Fsp3) is 0.385. The largest absolute Gasteiger partial charge is 0.445 e. The van der Waals surface area contributed by atoms with Crippen LogP contribution in [0.15, 0.2) is 18.3 Å². The summed E-state index contributed by atoms with van der Waals surface area (Å²) in [5.74, 6) is 0.656. The fourth-order valence-corrected chi connectivity index (χ4v) is 2.71. The molecule has 1 fully saturated rings. The average Bonchev–Trinajstić information content (AvgIpc) is 2.46. The van der Waals surface area contributed by atoms with Gasteiger partial charge in [0, 0.05) is 12.7 Å². The molecule has 7 nitrogen and oxygen atoms in total. The molecule has 0 spiro atoms. The number of piperidine rings is 1. The molecule has 1 unspecified atom stereocenters. The Labute approximate surface area is 126 Å². The highest BCUT2D eigenvalue weighted by Gasteiger charge is 2.25. The van der Waals surface area contributed by atoms with Crippen LogP contribution in [0, 0.1) is 0 Å². The van der Waals surface area contributed by atoms with Gasteiger partial charge in [-0.05, 0) is 36.6 Å². The Bertz CT molecular complexity index is 681. The molecule has 3 heterocycles. The number of ether oxygens (including phenoxy) is 1. The van der Waals surface area contributed by atoms with Crippen molar-refractivity contribution in [1.29, 1.82) is 0 Å². The minimum absolute atomic E-state index is 0.170. The summed E-state index contributed by atoms with van der Waals surface area (Å²) in [4.78, 5) is 25.7. The van der Waals surface area contributed by atoms with E-state index < -0.39 is 6.09 Å². The van der Waals surface area contributed by atoms with E-state index >= 15 is 0 Å². The Morgan fingerprint density at radius 3 is 3.14 bits per heavy atom. The Hall–Kier alpha value is -2.15. The van der Waals surface area contributed by atoms with Crippen molar-refractivity contribution >= 4 is 34.5 Å². The van der Waals surface area contributed by atoms with E-state index in [1.807, 2.05) is 11.0 Å². The van der Waals surface area contributed by atoms with E-state index in [-0.39, 0.29) is 11.4 Å². The maximum absolute atomic E-state index is 10.9. The lowest BCUT2D eigenvalue weighted by atomic mass is 10.1. The number of hydrogen-bond acceptors (Lipinski definition) is 6. The number of carbonyl (C=O) groups is 1. The van der Waals surface area contributed by atoms with Crippen LogP contribution in [0.4, 0.5) is 10.6 Å². The summed E-state index contributed by atoms with van der Waals surface area (Å²) >= 11 is 5.98. The van der Waals surface area contributed by atoms with Crippen LogP contribution < -0.4 is 10.6 Å². The lowest BCUT2D eigenvalue weighted by Gasteiger charge is -2.33. The zero-order valence-corrected chi connectivity index (χ0v) is 12.0. The number of halogens is 1. The van der Waals surface area contributed by atoms with E-state index in [0.29, 0.717) is 23.4 Å². The molecule has 1 aliphatic rings. The van der Waals surface area contributed by atoms with Gasteiger partial charge >= 0.3 is 6.09 Å². The molecule has 3 rings (SSSR count). The summed E-state index contributed by atoms with van der Waals surface area (Å²) < 4.78 is 5.09. The van der Waals surface area contributed by atoms with Crippen molar-refractivity contribution < 1.29 is 9.53 Å². The number of hydrogen-bond donors (Lipinski definition) is 1. The van der Waals surface area contributed by atoms with Crippen LogP contribution in [-0.2, 0) is 4.74 Å². The third-order valence-electron chi connectivity index (χ3n) is 3.37. The van der Waals surface area contributed by atoms with Crippen LogP contribution in [0.3, 0.4) is 0 Å². The molecule has 21 heavy (non-hydrogen) atoms. The van der Waals surface area contributed by atoms with Gasteiger partial charge < -0.3 is 15.4 Å². The topological polar surface area (TPSA) is 94.2 Å². The monoisotopic (exact) mass is 307 g/mol. The quantitative estimate of drug-likeness (QED) is 0.849. The van der Waals surface area contributed by atoms with Gasteiger partial charge in [-0.2, -0.15) is 4.98 Å². The van der Waals surface area contributed by atoms with Gasteiger partial charge in [-0.25, -0.2) is 9.78 Å². The molecule has 0 aromatic carbocycles. The highest BCUT2D eigenvalue weighted by molar-refractivity contribution is 6.28. The molecule has 110 valence electrons. The van der Waals surface area contributed by atoms with Crippen molar-refractivity contribution in [2.75, 3.05) is 18.0 Å². The molecule has 2 aromatic heterocycles. The molecule has 1 saturated heterocycles. The van der Waals surface area contributed by atoms with Gasteiger partial charge in [0.15, 0.2) is 5.82 Å². The lowest BCUT2D eigenvalue weighted by Crippen LogP contribution is -2.42. The van der Waals surface area contributed by atoms with Gasteiger partial charge in [-0.15, -0.1) is 0 Å². The van der Waals surface area contributed by atoms with Crippen molar-refractivity contribution in [2.24, 2.45) is 5.73 Å². The number of pyridine rings is 1. The van der Waals surface area contributed by atoms with E-state index in [9.17, 15) is 4.79 Å². The summed E-state index contributed by atoms with van der Waals surface area (Å²) in [5.41, 5.74) is 6.45. The minimum Gasteiger partial charge on any atom is -0.445 e. The smallest absolute Gasteiger partial charge is 0.404 e. The molecule has 0 saturated carbocycles. The number of carbonyl (C=O) groups excluding carboxylic acids is 1. The fourth-order valence-electron chi connectivity index (χ4n) is 2.54. The lowest BCUT2D eigenvalue weighted by molar-refractivity contribution is 0.0965. The van der Waals surface area contributed by atoms with Crippen LogP contribution >= 0.6 is 11.6 Å². The van der Waals surface area contributed by atoms with Crippen LogP contribution in [0.5, 0.6) is 0 Å². The van der Waals surface area contributed by atoms with E-state index in [1.165, 1.54) is 0 Å².